The van der Waals surface area contributed by atoms with Crippen molar-refractivity contribution in [2.24, 2.45) is 0 Å². The van der Waals surface area contributed by atoms with E-state index in [0.29, 0.717) is 0 Å². The summed E-state index contributed by atoms with van der Waals surface area (Å²) < 4.78 is 0. The van der Waals surface area contributed by atoms with Gasteiger partial charge in [0.05, 0.1) is 0 Å². The second kappa shape index (κ2) is 2.06. The zero-order valence-corrected chi connectivity index (χ0v) is 5.26. The van der Waals surface area contributed by atoms with Crippen LogP contribution < -0.4 is 11.5 Å². The second-order valence-electron chi connectivity index (χ2n) is 1.46. The molecule has 4 nitrogen and oxygen atoms in total. The number of halogens is 1. The van der Waals surface area contributed by atoms with Crippen molar-refractivity contribution in [3.8, 4) is 0 Å². The molecule has 0 saturated carbocycles. The minimum atomic E-state index is 0.197. The number of hydrogen-bond donors (Lipinski definition) is 2. The van der Waals surface area contributed by atoms with Gasteiger partial charge in [-0.25, -0.2) is 9.97 Å². The molecular weight excluding hydrogens is 141 g/mol. The minimum Gasteiger partial charge on any atom is -0.393 e. The Hall–Kier alpha value is -1.03. The van der Waals surface area contributed by atoms with Crippen LogP contribution in [0.1, 0.15) is 0 Å². The predicted molar refractivity (Wildman–Crippen MR) is 35.9 cm³/mol. The number of aromatic nitrogens is 2. The van der Waals surface area contributed by atoms with Crippen LogP contribution in [0, 0.1) is 0 Å². The van der Waals surface area contributed by atoms with Gasteiger partial charge in [-0.15, -0.1) is 0 Å². The van der Waals surface area contributed by atoms with Gasteiger partial charge in [0.2, 0.25) is 0 Å². The van der Waals surface area contributed by atoms with Gasteiger partial charge in [0.15, 0.2) is 11.0 Å². The Balaban J connectivity index is 3.25. The lowest BCUT2D eigenvalue weighted by Crippen LogP contribution is -1.99. The van der Waals surface area contributed by atoms with Gasteiger partial charge in [-0.3, -0.25) is 0 Å². The molecule has 0 radical (unpaired) electrons. The molecule has 0 saturated heterocycles. The summed E-state index contributed by atoms with van der Waals surface area (Å²) in [4.78, 5) is 7.19. The van der Waals surface area contributed by atoms with Crippen LogP contribution in [0.15, 0.2) is 6.33 Å². The molecule has 0 aliphatic heterocycles. The van der Waals surface area contributed by atoms with E-state index in [-0.39, 0.29) is 16.7 Å². The third-order valence-corrected chi connectivity index (χ3v) is 1.17. The smallest absolute Gasteiger partial charge is 0.157 e. The fraction of sp³-hybridized carbons (Fsp3) is 0. The first-order chi connectivity index (χ1) is 4.22. The third kappa shape index (κ3) is 1.02. The van der Waals surface area contributed by atoms with E-state index in [0.717, 1.165) is 0 Å². The summed E-state index contributed by atoms with van der Waals surface area (Å²) in [5.74, 6) is 0.218. The minimum absolute atomic E-state index is 0.197. The maximum atomic E-state index is 5.46. The first kappa shape index (κ1) is 6.10. The molecule has 0 bridgehead atoms. The number of nitrogens with two attached hydrogens (primary N) is 2. The van der Waals surface area contributed by atoms with E-state index >= 15 is 0 Å². The van der Waals surface area contributed by atoms with E-state index in [1.165, 1.54) is 6.33 Å². The maximum Gasteiger partial charge on any atom is 0.157 e. The van der Waals surface area contributed by atoms with Crippen molar-refractivity contribution in [2.75, 3.05) is 11.5 Å². The molecule has 0 aliphatic rings. The summed E-state index contributed by atoms with van der Waals surface area (Å²) in [5.41, 5.74) is 10.8. The van der Waals surface area contributed by atoms with Crippen molar-refractivity contribution in [3.63, 3.8) is 0 Å². The Morgan fingerprint density at radius 2 is 2.00 bits per heavy atom. The molecule has 1 aromatic heterocycles. The molecule has 5 heteroatoms. The molecule has 0 spiro atoms. The lowest BCUT2D eigenvalue weighted by molar-refractivity contribution is 1.18. The normalized spacial score (nSPS) is 9.44. The number of nitrogens with zero attached hydrogens (tertiary/aromatic N) is 2. The van der Waals surface area contributed by atoms with E-state index in [4.69, 9.17) is 23.1 Å². The van der Waals surface area contributed by atoms with E-state index in [2.05, 4.69) is 9.97 Å². The molecule has 0 aromatic carbocycles. The largest absolute Gasteiger partial charge is 0.393 e. The monoisotopic (exact) mass is 145 g/mol. The summed E-state index contributed by atoms with van der Waals surface area (Å²) in [6.07, 6.45) is 1.26. The van der Waals surface area contributed by atoms with Crippen LogP contribution >= 0.6 is 11.6 Å². The molecule has 48 valence electrons. The van der Waals surface area contributed by atoms with Crippen LogP contribution in [0.3, 0.4) is 0 Å². The maximum absolute atomic E-state index is 5.46. The predicted octanol–water partition coefficient (Wildman–Crippen LogP) is 0.294. The Bertz CT molecular complexity index is 204. The molecule has 0 amide bonds. The zero-order valence-electron chi connectivity index (χ0n) is 4.50. The van der Waals surface area contributed by atoms with E-state index in [9.17, 15) is 0 Å². The molecule has 0 aliphatic carbocycles. The highest BCUT2D eigenvalue weighted by Gasteiger charge is 1.99. The van der Waals surface area contributed by atoms with Crippen molar-refractivity contribution in [1.82, 2.24) is 9.97 Å². The van der Waals surface area contributed by atoms with E-state index in [1.807, 2.05) is 0 Å². The van der Waals surface area contributed by atoms with Crippen LogP contribution in [0.5, 0.6) is 0 Å². The Labute approximate surface area is 56.9 Å². The SMILES string of the molecule is Nc1c([15NH2])ncnc1Cl. The summed E-state index contributed by atoms with van der Waals surface area (Å²) >= 11 is 5.46. The first-order valence-corrected chi connectivity index (χ1v) is 2.61. The van der Waals surface area contributed by atoms with Crippen LogP contribution in [0.4, 0.5) is 11.5 Å². The van der Waals surface area contributed by atoms with Crippen molar-refractivity contribution >= 4 is 23.1 Å². The summed E-state index contributed by atoms with van der Waals surface area (Å²) in [5, 5.41) is 0.197. The lowest BCUT2D eigenvalue weighted by Gasteiger charge is -1.96. The Kier molecular flexibility index (Phi) is 1.40. The third-order valence-electron chi connectivity index (χ3n) is 0.866. The van der Waals surface area contributed by atoms with Gasteiger partial charge in [0.1, 0.15) is 12.0 Å². The van der Waals surface area contributed by atoms with Gasteiger partial charge < -0.3 is 11.5 Å². The second-order valence-corrected chi connectivity index (χ2v) is 1.82. The Morgan fingerprint density at radius 3 is 2.44 bits per heavy atom. The van der Waals surface area contributed by atoms with Gasteiger partial charge in [0.25, 0.3) is 0 Å². The number of nitrogen functional groups attached to an aromatic ring is 2. The fourth-order valence-electron chi connectivity index (χ4n) is 0.387. The molecule has 4 N–H and O–H groups in total. The van der Waals surface area contributed by atoms with Crippen LogP contribution in [0.2, 0.25) is 5.15 Å². The van der Waals surface area contributed by atoms with Crippen LogP contribution in [-0.2, 0) is 0 Å². The highest BCUT2D eigenvalue weighted by atomic mass is 35.5. The van der Waals surface area contributed by atoms with Gasteiger partial charge in [-0.05, 0) is 0 Å². The van der Waals surface area contributed by atoms with Gasteiger partial charge in [-0.2, -0.15) is 0 Å². The average molecular weight is 146 g/mol. The summed E-state index contributed by atoms with van der Waals surface area (Å²) in [6.45, 7) is 0. The highest BCUT2D eigenvalue weighted by Crippen LogP contribution is 2.18. The van der Waals surface area contributed by atoms with Crippen molar-refractivity contribution in [3.05, 3.63) is 11.5 Å². The quantitative estimate of drug-likeness (QED) is 0.407. The molecule has 1 aromatic rings. The topological polar surface area (TPSA) is 77.8 Å². The van der Waals surface area contributed by atoms with E-state index in [1.54, 1.807) is 0 Å². The van der Waals surface area contributed by atoms with Crippen molar-refractivity contribution in [1.29, 1.82) is 0 Å². The molecular formula is C4H5ClN4. The standard InChI is InChI=1S/C4H5ClN4/c5-3-2(6)4(7)9-1-8-3/h1H,6H2,(H2,7,8,9)/i7+1. The fourth-order valence-corrected chi connectivity index (χ4v) is 0.527. The summed E-state index contributed by atoms with van der Waals surface area (Å²) in [6, 6.07) is 0. The molecule has 0 unspecified atom stereocenters. The summed E-state index contributed by atoms with van der Waals surface area (Å²) in [7, 11) is 0. The van der Waals surface area contributed by atoms with Crippen LogP contribution in [0.25, 0.3) is 0 Å². The zero-order chi connectivity index (χ0) is 6.85. The lowest BCUT2D eigenvalue weighted by atomic mass is 10.5. The number of rotatable bonds is 0. The van der Waals surface area contributed by atoms with Gasteiger partial charge in [-0.1, -0.05) is 11.6 Å². The number of anilines is 2. The molecule has 0 atom stereocenters. The van der Waals surface area contributed by atoms with Gasteiger partial charge in [0, 0.05) is 0 Å². The number of hydrogen-bond acceptors (Lipinski definition) is 4. The van der Waals surface area contributed by atoms with Crippen molar-refractivity contribution in [2.45, 2.75) is 0 Å². The molecule has 0 fully saturated rings. The van der Waals surface area contributed by atoms with Crippen molar-refractivity contribution < 1.29 is 0 Å². The Morgan fingerprint density at radius 1 is 1.33 bits per heavy atom. The van der Waals surface area contributed by atoms with E-state index < -0.39 is 0 Å². The average Bonchev–Trinajstić information content (AvgIpc) is 1.83. The molecule has 1 rings (SSSR count). The van der Waals surface area contributed by atoms with Gasteiger partial charge >= 0.3 is 0 Å². The molecule has 9 heavy (non-hydrogen) atoms. The first-order valence-electron chi connectivity index (χ1n) is 2.23. The molecule has 1 heterocycles. The van der Waals surface area contributed by atoms with Crippen LogP contribution in [-0.4, -0.2) is 9.97 Å². The highest BCUT2D eigenvalue weighted by molar-refractivity contribution is 6.32.